The first-order valence-corrected chi connectivity index (χ1v) is 8.94. The number of rotatable bonds is 4. The van der Waals surface area contributed by atoms with Crippen LogP contribution in [0.25, 0.3) is 33.1 Å². The zero-order chi connectivity index (χ0) is 18.1. The molecule has 0 aliphatic carbocycles. The van der Waals surface area contributed by atoms with Crippen molar-refractivity contribution in [1.82, 2.24) is 9.55 Å². The van der Waals surface area contributed by atoms with E-state index in [0.717, 1.165) is 16.3 Å². The molecule has 5 heteroatoms. The Morgan fingerprint density at radius 2 is 1.81 bits per heavy atom. The predicted molar refractivity (Wildman–Crippen MR) is 108 cm³/mol. The summed E-state index contributed by atoms with van der Waals surface area (Å²) in [5.74, 6) is 0.643. The molecule has 0 amide bonds. The number of nitrogens with two attached hydrogens (primary N) is 1. The second-order valence-corrected chi connectivity index (χ2v) is 6.69. The van der Waals surface area contributed by atoms with Gasteiger partial charge in [0.25, 0.3) is 5.56 Å². The summed E-state index contributed by atoms with van der Waals surface area (Å²) in [6.45, 7) is 1.05. The highest BCUT2D eigenvalue weighted by Gasteiger charge is 2.13. The Bertz CT molecular complexity index is 1170. The zero-order valence-electron chi connectivity index (χ0n) is 14.2. The van der Waals surface area contributed by atoms with Crippen LogP contribution in [0.3, 0.4) is 0 Å². The van der Waals surface area contributed by atoms with Gasteiger partial charge in [-0.25, -0.2) is 4.98 Å². The fourth-order valence-electron chi connectivity index (χ4n) is 3.20. The van der Waals surface area contributed by atoms with E-state index in [-0.39, 0.29) is 5.56 Å². The molecule has 0 saturated carbocycles. The lowest BCUT2D eigenvalue weighted by atomic mass is 10.1. The number of hydrogen-bond donors (Lipinski definition) is 1. The lowest BCUT2D eigenvalue weighted by Gasteiger charge is -2.14. The van der Waals surface area contributed by atoms with Crippen LogP contribution in [0, 0.1) is 0 Å². The van der Waals surface area contributed by atoms with Crippen molar-refractivity contribution in [2.24, 2.45) is 5.73 Å². The van der Waals surface area contributed by atoms with Crippen LogP contribution in [0.15, 0.2) is 65.5 Å². The summed E-state index contributed by atoms with van der Waals surface area (Å²) in [5.41, 5.74) is 7.11. The molecule has 0 atom stereocenters. The molecular formula is C21H18ClN3O. The largest absolute Gasteiger partial charge is 0.330 e. The molecule has 0 spiro atoms. The van der Waals surface area contributed by atoms with E-state index in [4.69, 9.17) is 22.3 Å². The molecular weight excluding hydrogens is 346 g/mol. The van der Waals surface area contributed by atoms with Crippen molar-refractivity contribution < 1.29 is 0 Å². The number of hydrogen-bond acceptors (Lipinski definition) is 3. The standard InChI is InChI=1S/C21H18ClN3O/c22-17-8-9-18-19(13-17)24-20(25(21(18)26)11-3-10-23)16-7-6-14-4-1-2-5-15(14)12-16/h1-2,4-9,12-13H,3,10-11,23H2. The third kappa shape index (κ3) is 2.98. The van der Waals surface area contributed by atoms with Gasteiger partial charge in [-0.2, -0.15) is 0 Å². The van der Waals surface area contributed by atoms with E-state index >= 15 is 0 Å². The van der Waals surface area contributed by atoms with Crippen LogP contribution in [-0.4, -0.2) is 16.1 Å². The summed E-state index contributed by atoms with van der Waals surface area (Å²) >= 11 is 6.11. The lowest BCUT2D eigenvalue weighted by molar-refractivity contribution is 0.632. The van der Waals surface area contributed by atoms with Gasteiger partial charge in [-0.3, -0.25) is 9.36 Å². The van der Waals surface area contributed by atoms with Crippen LogP contribution < -0.4 is 11.3 Å². The van der Waals surface area contributed by atoms with Gasteiger partial charge in [-0.1, -0.05) is 48.0 Å². The van der Waals surface area contributed by atoms with Gasteiger partial charge in [0, 0.05) is 17.1 Å². The number of nitrogens with zero attached hydrogens (tertiary/aromatic N) is 2. The fraction of sp³-hybridized carbons (Fsp3) is 0.143. The van der Waals surface area contributed by atoms with Crippen LogP contribution in [0.2, 0.25) is 5.02 Å². The van der Waals surface area contributed by atoms with Crippen LogP contribution in [0.4, 0.5) is 0 Å². The maximum atomic E-state index is 13.0. The number of aromatic nitrogens is 2. The number of fused-ring (bicyclic) bond motifs is 2. The van der Waals surface area contributed by atoms with Crippen molar-refractivity contribution in [3.63, 3.8) is 0 Å². The van der Waals surface area contributed by atoms with E-state index in [1.807, 2.05) is 24.3 Å². The smallest absolute Gasteiger partial charge is 0.261 e. The highest BCUT2D eigenvalue weighted by atomic mass is 35.5. The Balaban J connectivity index is 2.00. The molecule has 0 fully saturated rings. The van der Waals surface area contributed by atoms with Crippen LogP contribution >= 0.6 is 11.6 Å². The van der Waals surface area contributed by atoms with Gasteiger partial charge in [-0.05, 0) is 48.0 Å². The van der Waals surface area contributed by atoms with E-state index < -0.39 is 0 Å². The predicted octanol–water partition coefficient (Wildman–Crippen LogP) is 4.22. The molecule has 0 saturated heterocycles. The molecule has 2 N–H and O–H groups in total. The Hall–Kier alpha value is -2.69. The zero-order valence-corrected chi connectivity index (χ0v) is 14.9. The van der Waals surface area contributed by atoms with Crippen molar-refractivity contribution in [3.05, 3.63) is 76.0 Å². The van der Waals surface area contributed by atoms with E-state index in [9.17, 15) is 4.79 Å². The molecule has 0 unspecified atom stereocenters. The van der Waals surface area contributed by atoms with Gasteiger partial charge in [-0.15, -0.1) is 0 Å². The highest BCUT2D eigenvalue weighted by Crippen LogP contribution is 2.25. The van der Waals surface area contributed by atoms with E-state index in [1.165, 1.54) is 0 Å². The Kier molecular flexibility index (Phi) is 4.45. The third-order valence-corrected chi connectivity index (χ3v) is 4.75. The Morgan fingerprint density at radius 3 is 2.62 bits per heavy atom. The minimum absolute atomic E-state index is 0.0664. The van der Waals surface area contributed by atoms with Gasteiger partial charge in [0.2, 0.25) is 0 Å². The number of benzene rings is 3. The summed E-state index contributed by atoms with van der Waals surface area (Å²) in [7, 11) is 0. The van der Waals surface area contributed by atoms with Crippen LogP contribution in [0.1, 0.15) is 6.42 Å². The molecule has 130 valence electrons. The lowest BCUT2D eigenvalue weighted by Crippen LogP contribution is -2.24. The molecule has 0 radical (unpaired) electrons. The third-order valence-electron chi connectivity index (χ3n) is 4.51. The topological polar surface area (TPSA) is 60.9 Å². The maximum Gasteiger partial charge on any atom is 0.261 e. The van der Waals surface area contributed by atoms with E-state index in [1.54, 1.807) is 22.8 Å². The van der Waals surface area contributed by atoms with Gasteiger partial charge < -0.3 is 5.73 Å². The summed E-state index contributed by atoms with van der Waals surface area (Å²) in [6.07, 6.45) is 0.710. The average molecular weight is 364 g/mol. The monoisotopic (exact) mass is 363 g/mol. The summed E-state index contributed by atoms with van der Waals surface area (Å²) in [5, 5.41) is 3.39. The summed E-state index contributed by atoms with van der Waals surface area (Å²) in [6, 6.07) is 19.4. The van der Waals surface area contributed by atoms with E-state index in [2.05, 4.69) is 18.2 Å². The van der Waals surface area contributed by atoms with Gasteiger partial charge >= 0.3 is 0 Å². The van der Waals surface area contributed by atoms with Gasteiger partial charge in [0.1, 0.15) is 5.82 Å². The van der Waals surface area contributed by atoms with Gasteiger partial charge in [0.05, 0.1) is 10.9 Å². The normalized spacial score (nSPS) is 11.3. The molecule has 4 aromatic rings. The fourth-order valence-corrected chi connectivity index (χ4v) is 3.37. The SMILES string of the molecule is NCCCn1c(-c2ccc3ccccc3c2)nc2cc(Cl)ccc2c1=O. The van der Waals surface area contributed by atoms with Crippen molar-refractivity contribution in [1.29, 1.82) is 0 Å². The molecule has 0 bridgehead atoms. The Morgan fingerprint density at radius 1 is 1.00 bits per heavy atom. The van der Waals surface area contributed by atoms with Crippen LogP contribution in [0.5, 0.6) is 0 Å². The first kappa shape index (κ1) is 16.8. The minimum Gasteiger partial charge on any atom is -0.330 e. The van der Waals surface area contributed by atoms with Crippen molar-refractivity contribution in [2.45, 2.75) is 13.0 Å². The average Bonchev–Trinajstić information content (AvgIpc) is 2.66. The molecule has 0 aliphatic rings. The number of halogens is 1. The van der Waals surface area contributed by atoms with Crippen LogP contribution in [-0.2, 0) is 6.54 Å². The Labute approximate surface area is 155 Å². The molecule has 4 nitrogen and oxygen atoms in total. The summed E-state index contributed by atoms with van der Waals surface area (Å²) < 4.78 is 1.72. The van der Waals surface area contributed by atoms with Crippen molar-refractivity contribution >= 4 is 33.3 Å². The quantitative estimate of drug-likeness (QED) is 0.590. The highest BCUT2D eigenvalue weighted by molar-refractivity contribution is 6.31. The second-order valence-electron chi connectivity index (χ2n) is 6.26. The molecule has 26 heavy (non-hydrogen) atoms. The molecule has 4 rings (SSSR count). The molecule has 0 aliphatic heterocycles. The first-order chi connectivity index (χ1) is 12.7. The second kappa shape index (κ2) is 6.90. The van der Waals surface area contributed by atoms with Gasteiger partial charge in [0.15, 0.2) is 0 Å². The summed E-state index contributed by atoms with van der Waals surface area (Å²) in [4.78, 5) is 17.8. The minimum atomic E-state index is -0.0664. The van der Waals surface area contributed by atoms with Crippen molar-refractivity contribution in [2.75, 3.05) is 6.54 Å². The first-order valence-electron chi connectivity index (χ1n) is 8.57. The molecule has 3 aromatic carbocycles. The maximum absolute atomic E-state index is 13.0. The molecule has 1 aromatic heterocycles. The van der Waals surface area contributed by atoms with E-state index in [0.29, 0.717) is 41.3 Å². The van der Waals surface area contributed by atoms with Crippen molar-refractivity contribution in [3.8, 4) is 11.4 Å². The molecule has 1 heterocycles.